The van der Waals surface area contributed by atoms with E-state index in [0.717, 1.165) is 0 Å². The Kier molecular flexibility index (Phi) is 3.25. The van der Waals surface area contributed by atoms with Crippen LogP contribution >= 0.6 is 0 Å². The summed E-state index contributed by atoms with van der Waals surface area (Å²) in [7, 11) is 0. The van der Waals surface area contributed by atoms with E-state index < -0.39 is 30.6 Å². The van der Waals surface area contributed by atoms with Crippen LogP contribution in [-0.4, -0.2) is 23.9 Å². The zero-order valence-electron chi connectivity index (χ0n) is 6.36. The second kappa shape index (κ2) is 3.41. The molecule has 0 amide bonds. The molecule has 0 aliphatic carbocycles. The lowest BCUT2D eigenvalue weighted by Gasteiger charge is -2.31. The fourth-order valence-corrected chi connectivity index (χ4v) is 0.456. The molecule has 0 rings (SSSR count). The maximum atomic E-state index is 12.0. The molecule has 0 bridgehead atoms. The van der Waals surface area contributed by atoms with Crippen LogP contribution in [0.4, 0.5) is 43.9 Å². The summed E-state index contributed by atoms with van der Waals surface area (Å²) in [4.78, 5) is 0. The third kappa shape index (κ3) is 1.98. The van der Waals surface area contributed by atoms with Crippen molar-refractivity contribution in [1.82, 2.24) is 0 Å². The predicted octanol–water partition coefficient (Wildman–Crippen LogP) is 3.59. The van der Waals surface area contributed by atoms with Crippen LogP contribution in [0.3, 0.4) is 0 Å². The van der Waals surface area contributed by atoms with Crippen molar-refractivity contribution in [1.29, 1.82) is 0 Å². The lowest BCUT2D eigenvalue weighted by atomic mass is 10.1. The van der Waals surface area contributed by atoms with E-state index >= 15 is 0 Å². The lowest BCUT2D eigenvalue weighted by molar-refractivity contribution is -0.392. The average Bonchev–Trinajstić information content (AvgIpc) is 2.01. The van der Waals surface area contributed by atoms with Gasteiger partial charge in [0.15, 0.2) is 0 Å². The largest absolute Gasteiger partial charge is 0.460 e. The van der Waals surface area contributed by atoms with Crippen LogP contribution in [-0.2, 0) is 0 Å². The minimum absolute atomic E-state index is 2.22. The number of hydrogen-bond donors (Lipinski definition) is 0. The van der Waals surface area contributed by atoms with E-state index in [9.17, 15) is 43.9 Å². The Labute approximate surface area is 75.9 Å². The monoisotopic (exact) mass is 251 g/mol. The SMILES string of the molecule is F[CH]C(F)(F)C(F)(F)C(F)(F)C(F)(F)F. The van der Waals surface area contributed by atoms with Gasteiger partial charge in [-0.05, 0) is 0 Å². The van der Waals surface area contributed by atoms with Gasteiger partial charge in [0.2, 0.25) is 6.67 Å². The van der Waals surface area contributed by atoms with Crippen molar-refractivity contribution < 1.29 is 43.9 Å². The van der Waals surface area contributed by atoms with Gasteiger partial charge in [0, 0.05) is 0 Å². The predicted molar refractivity (Wildman–Crippen MR) is 26.3 cm³/mol. The maximum absolute atomic E-state index is 12.0. The van der Waals surface area contributed by atoms with E-state index in [1.54, 1.807) is 0 Å². The van der Waals surface area contributed by atoms with Gasteiger partial charge in [-0.15, -0.1) is 0 Å². The van der Waals surface area contributed by atoms with Gasteiger partial charge in [0.25, 0.3) is 0 Å². The summed E-state index contributed by atoms with van der Waals surface area (Å²) in [5, 5.41) is 0. The molecule has 15 heavy (non-hydrogen) atoms. The van der Waals surface area contributed by atoms with E-state index in [-0.39, 0.29) is 0 Å². The summed E-state index contributed by atoms with van der Waals surface area (Å²) in [6.45, 7) is -2.22. The third-order valence-electron chi connectivity index (χ3n) is 1.31. The standard InChI is InChI=1S/C5HF10/c6-1-2(7,8)3(9,10)4(11,12)5(13,14)15/h1H. The Morgan fingerprint density at radius 3 is 1.13 bits per heavy atom. The summed E-state index contributed by atoms with van der Waals surface area (Å²) in [6, 6.07) is 0. The quantitative estimate of drug-likeness (QED) is 0.672. The molecular weight excluding hydrogens is 250 g/mol. The summed E-state index contributed by atoms with van der Waals surface area (Å²) in [5.41, 5.74) is 0. The van der Waals surface area contributed by atoms with E-state index in [0.29, 0.717) is 0 Å². The molecule has 0 aromatic rings. The Balaban J connectivity index is 5.38. The lowest BCUT2D eigenvalue weighted by Crippen LogP contribution is -2.60. The smallest absolute Gasteiger partial charge is 0.237 e. The van der Waals surface area contributed by atoms with Crippen molar-refractivity contribution in [2.45, 2.75) is 23.9 Å². The minimum atomic E-state index is -7.04. The first-order valence-electron chi connectivity index (χ1n) is 2.96. The highest BCUT2D eigenvalue weighted by Gasteiger charge is 2.81. The molecule has 0 heterocycles. The average molecular weight is 251 g/mol. The fourth-order valence-electron chi connectivity index (χ4n) is 0.456. The second-order valence-corrected chi connectivity index (χ2v) is 2.38. The van der Waals surface area contributed by atoms with Gasteiger partial charge in [-0.1, -0.05) is 0 Å². The molecule has 0 fully saturated rings. The van der Waals surface area contributed by atoms with Gasteiger partial charge in [0.05, 0.1) is 0 Å². The van der Waals surface area contributed by atoms with Crippen molar-refractivity contribution in [2.24, 2.45) is 0 Å². The molecule has 0 atom stereocenters. The normalized spacial score (nSPS) is 15.6. The molecule has 0 saturated carbocycles. The van der Waals surface area contributed by atoms with Gasteiger partial charge < -0.3 is 0 Å². The zero-order chi connectivity index (χ0) is 12.7. The Bertz CT molecular complexity index is 224. The van der Waals surface area contributed by atoms with Crippen LogP contribution in [0.25, 0.3) is 0 Å². The fraction of sp³-hybridized carbons (Fsp3) is 0.800. The number of alkyl halides is 9. The third-order valence-corrected chi connectivity index (χ3v) is 1.31. The molecule has 0 spiro atoms. The van der Waals surface area contributed by atoms with Gasteiger partial charge >= 0.3 is 23.9 Å². The molecule has 0 saturated heterocycles. The van der Waals surface area contributed by atoms with Crippen molar-refractivity contribution >= 4 is 0 Å². The molecular formula is C5HF10. The molecule has 0 nitrogen and oxygen atoms in total. The van der Waals surface area contributed by atoms with E-state index in [1.807, 2.05) is 0 Å². The summed E-state index contributed by atoms with van der Waals surface area (Å²) in [6.07, 6.45) is -6.91. The van der Waals surface area contributed by atoms with Gasteiger partial charge in [-0.3, -0.25) is 0 Å². The van der Waals surface area contributed by atoms with E-state index in [4.69, 9.17) is 0 Å². The topological polar surface area (TPSA) is 0 Å². The second-order valence-electron chi connectivity index (χ2n) is 2.38. The first kappa shape index (κ1) is 14.3. The number of hydrogen-bond acceptors (Lipinski definition) is 0. The van der Waals surface area contributed by atoms with Crippen molar-refractivity contribution in [2.75, 3.05) is 0 Å². The molecule has 10 heteroatoms. The molecule has 0 unspecified atom stereocenters. The highest BCUT2D eigenvalue weighted by molar-refractivity contribution is 5.03. The van der Waals surface area contributed by atoms with Crippen molar-refractivity contribution in [3.8, 4) is 0 Å². The summed E-state index contributed by atoms with van der Waals surface area (Å²) in [5.74, 6) is -20.1. The van der Waals surface area contributed by atoms with Crippen molar-refractivity contribution in [3.63, 3.8) is 0 Å². The maximum Gasteiger partial charge on any atom is 0.460 e. The molecule has 0 aromatic carbocycles. The van der Waals surface area contributed by atoms with E-state index in [2.05, 4.69) is 0 Å². The Hall–Kier alpha value is -0.700. The Morgan fingerprint density at radius 2 is 0.933 bits per heavy atom. The van der Waals surface area contributed by atoms with Crippen molar-refractivity contribution in [3.05, 3.63) is 6.67 Å². The molecule has 91 valence electrons. The first-order chi connectivity index (χ1) is 6.31. The summed E-state index contributed by atoms with van der Waals surface area (Å²) < 4.78 is 116. The summed E-state index contributed by atoms with van der Waals surface area (Å²) >= 11 is 0. The molecule has 0 aromatic heterocycles. The first-order valence-corrected chi connectivity index (χ1v) is 2.96. The van der Waals surface area contributed by atoms with Crippen LogP contribution in [0, 0.1) is 6.67 Å². The number of halogens is 10. The molecule has 0 N–H and O–H groups in total. The number of rotatable bonds is 3. The van der Waals surface area contributed by atoms with Gasteiger partial charge in [-0.2, -0.15) is 39.5 Å². The highest BCUT2D eigenvalue weighted by atomic mass is 19.4. The van der Waals surface area contributed by atoms with Crippen LogP contribution in [0.5, 0.6) is 0 Å². The van der Waals surface area contributed by atoms with Crippen LogP contribution in [0.2, 0.25) is 0 Å². The highest BCUT2D eigenvalue weighted by Crippen LogP contribution is 2.53. The van der Waals surface area contributed by atoms with Crippen LogP contribution < -0.4 is 0 Å². The zero-order valence-corrected chi connectivity index (χ0v) is 6.36. The van der Waals surface area contributed by atoms with Gasteiger partial charge in [0.1, 0.15) is 0 Å². The molecule has 1 radical (unpaired) electrons. The van der Waals surface area contributed by atoms with Crippen LogP contribution in [0.15, 0.2) is 0 Å². The molecule has 0 aliphatic heterocycles. The minimum Gasteiger partial charge on any atom is -0.237 e. The molecule has 0 aliphatic rings. The Morgan fingerprint density at radius 1 is 0.600 bits per heavy atom. The van der Waals surface area contributed by atoms with Gasteiger partial charge in [-0.25, -0.2) is 4.39 Å². The van der Waals surface area contributed by atoms with Crippen LogP contribution in [0.1, 0.15) is 0 Å². The van der Waals surface area contributed by atoms with E-state index in [1.165, 1.54) is 0 Å².